The van der Waals surface area contributed by atoms with E-state index >= 15 is 0 Å². The molecule has 1 saturated heterocycles. The molecule has 1 aromatic rings. The number of rotatable bonds is 5. The lowest BCUT2D eigenvalue weighted by Crippen LogP contribution is -2.48. The first-order valence-electron chi connectivity index (χ1n) is 7.11. The first kappa shape index (κ1) is 15.3. The van der Waals surface area contributed by atoms with Crippen molar-refractivity contribution in [1.82, 2.24) is 5.32 Å². The van der Waals surface area contributed by atoms with Gasteiger partial charge in [-0.15, -0.1) is 0 Å². The van der Waals surface area contributed by atoms with Crippen LogP contribution in [0.25, 0.3) is 0 Å². The molecular weight excluding hydrogens is 270 g/mol. The second-order valence-corrected chi connectivity index (χ2v) is 5.32. The summed E-state index contributed by atoms with van der Waals surface area (Å²) in [4.78, 5) is 23.0. The zero-order valence-corrected chi connectivity index (χ0v) is 12.1. The summed E-state index contributed by atoms with van der Waals surface area (Å²) in [5.41, 5.74) is 5.67. The minimum absolute atomic E-state index is 0.0470. The number of carbonyl (C=O) groups is 2. The van der Waals surface area contributed by atoms with Gasteiger partial charge in [-0.05, 0) is 37.4 Å². The molecule has 2 unspecified atom stereocenters. The van der Waals surface area contributed by atoms with E-state index in [0.29, 0.717) is 17.4 Å². The monoisotopic (exact) mass is 291 g/mol. The maximum atomic E-state index is 12.3. The van der Waals surface area contributed by atoms with Crippen LogP contribution in [0.3, 0.4) is 0 Å². The molecule has 2 rings (SSSR count). The summed E-state index contributed by atoms with van der Waals surface area (Å²) in [6, 6.07) is 6.74. The van der Waals surface area contributed by atoms with Crippen molar-refractivity contribution in [1.29, 1.82) is 0 Å². The molecule has 0 spiro atoms. The van der Waals surface area contributed by atoms with Crippen LogP contribution in [0.4, 0.5) is 5.69 Å². The molecule has 2 atom stereocenters. The quantitative estimate of drug-likeness (QED) is 0.750. The molecule has 1 aromatic carbocycles. The molecule has 2 amide bonds. The Morgan fingerprint density at radius 3 is 3.00 bits per heavy atom. The summed E-state index contributed by atoms with van der Waals surface area (Å²) in [5, 5.41) is 6.11. The highest BCUT2D eigenvalue weighted by Crippen LogP contribution is 2.20. The van der Waals surface area contributed by atoms with Crippen LogP contribution in [0.15, 0.2) is 24.3 Å². The number of nitrogens with one attached hydrogen (secondary N) is 2. The average Bonchev–Trinajstić information content (AvgIpc) is 2.46. The van der Waals surface area contributed by atoms with Gasteiger partial charge in [-0.3, -0.25) is 9.59 Å². The van der Waals surface area contributed by atoms with Crippen LogP contribution in [0.5, 0.6) is 5.75 Å². The number of amides is 2. The van der Waals surface area contributed by atoms with Crippen molar-refractivity contribution in [3.8, 4) is 5.75 Å². The number of hydrogen-bond donors (Lipinski definition) is 3. The highest BCUT2D eigenvalue weighted by atomic mass is 16.5. The molecule has 1 aliphatic rings. The molecular formula is C15H21N3O3. The van der Waals surface area contributed by atoms with Gasteiger partial charge in [-0.1, -0.05) is 13.0 Å². The molecule has 1 aliphatic heterocycles. The van der Waals surface area contributed by atoms with Gasteiger partial charge in [-0.25, -0.2) is 0 Å². The van der Waals surface area contributed by atoms with Gasteiger partial charge >= 0.3 is 0 Å². The van der Waals surface area contributed by atoms with E-state index in [2.05, 4.69) is 17.6 Å². The molecule has 114 valence electrons. The minimum atomic E-state index is -0.537. The van der Waals surface area contributed by atoms with E-state index in [1.54, 1.807) is 24.3 Å². The largest absolute Gasteiger partial charge is 0.484 e. The Bertz CT molecular complexity index is 519. The van der Waals surface area contributed by atoms with Gasteiger partial charge in [0.1, 0.15) is 5.75 Å². The Kier molecular flexibility index (Phi) is 5.16. The van der Waals surface area contributed by atoms with E-state index in [-0.39, 0.29) is 18.6 Å². The number of anilines is 1. The first-order valence-corrected chi connectivity index (χ1v) is 7.11. The normalized spacial score (nSPS) is 21.6. The van der Waals surface area contributed by atoms with Crippen LogP contribution >= 0.6 is 0 Å². The molecule has 0 aromatic heterocycles. The molecule has 0 aliphatic carbocycles. The summed E-state index contributed by atoms with van der Waals surface area (Å²) in [7, 11) is 0. The van der Waals surface area contributed by atoms with Crippen molar-refractivity contribution in [2.45, 2.75) is 25.8 Å². The molecule has 0 radical (unpaired) electrons. The fourth-order valence-electron chi connectivity index (χ4n) is 2.44. The van der Waals surface area contributed by atoms with Crippen molar-refractivity contribution >= 4 is 17.5 Å². The van der Waals surface area contributed by atoms with Crippen LogP contribution in [0.2, 0.25) is 0 Å². The number of hydrogen-bond acceptors (Lipinski definition) is 4. The third kappa shape index (κ3) is 4.46. The van der Waals surface area contributed by atoms with E-state index in [1.165, 1.54) is 0 Å². The van der Waals surface area contributed by atoms with Crippen LogP contribution in [0, 0.1) is 5.92 Å². The Hall–Kier alpha value is -2.08. The summed E-state index contributed by atoms with van der Waals surface area (Å²) in [5.74, 6) is 0.225. The highest BCUT2D eigenvalue weighted by molar-refractivity contribution is 5.95. The van der Waals surface area contributed by atoms with Gasteiger partial charge < -0.3 is 21.1 Å². The fourth-order valence-corrected chi connectivity index (χ4v) is 2.44. The zero-order valence-electron chi connectivity index (χ0n) is 12.1. The summed E-state index contributed by atoms with van der Waals surface area (Å²) >= 11 is 0. The number of piperidine rings is 1. The first-order chi connectivity index (χ1) is 10.1. The van der Waals surface area contributed by atoms with E-state index in [9.17, 15) is 9.59 Å². The Morgan fingerprint density at radius 2 is 2.29 bits per heavy atom. The number of carbonyl (C=O) groups excluding carboxylic acids is 2. The number of benzene rings is 1. The Morgan fingerprint density at radius 1 is 1.48 bits per heavy atom. The van der Waals surface area contributed by atoms with Crippen molar-refractivity contribution in [3.05, 3.63) is 24.3 Å². The second kappa shape index (κ2) is 7.08. The molecule has 1 fully saturated rings. The van der Waals surface area contributed by atoms with E-state index in [4.69, 9.17) is 10.5 Å². The molecule has 4 N–H and O–H groups in total. The molecule has 6 heteroatoms. The molecule has 0 saturated carbocycles. The third-order valence-corrected chi connectivity index (χ3v) is 3.53. The lowest BCUT2D eigenvalue weighted by molar-refractivity contribution is -0.120. The SMILES string of the molecule is CC1CCCNC1C(=O)Nc1cccc(OCC(N)=O)c1. The number of nitrogens with two attached hydrogens (primary N) is 1. The van der Waals surface area contributed by atoms with Gasteiger partial charge in [0.2, 0.25) is 5.91 Å². The topological polar surface area (TPSA) is 93.4 Å². The van der Waals surface area contributed by atoms with Gasteiger partial charge in [0.25, 0.3) is 5.91 Å². The van der Waals surface area contributed by atoms with Crippen molar-refractivity contribution < 1.29 is 14.3 Å². The van der Waals surface area contributed by atoms with Crippen molar-refractivity contribution in [2.24, 2.45) is 11.7 Å². The smallest absolute Gasteiger partial charge is 0.255 e. The Balaban J connectivity index is 1.97. The number of primary amides is 1. The molecule has 6 nitrogen and oxygen atoms in total. The summed E-state index contributed by atoms with van der Waals surface area (Å²) in [6.07, 6.45) is 2.15. The van der Waals surface area contributed by atoms with Gasteiger partial charge in [0.05, 0.1) is 6.04 Å². The lowest BCUT2D eigenvalue weighted by Gasteiger charge is -2.28. The zero-order chi connectivity index (χ0) is 15.2. The van der Waals surface area contributed by atoms with E-state index < -0.39 is 5.91 Å². The third-order valence-electron chi connectivity index (χ3n) is 3.53. The molecule has 1 heterocycles. The number of ether oxygens (including phenoxy) is 1. The second-order valence-electron chi connectivity index (χ2n) is 5.32. The van der Waals surface area contributed by atoms with Gasteiger partial charge in [-0.2, -0.15) is 0 Å². The van der Waals surface area contributed by atoms with E-state index in [0.717, 1.165) is 19.4 Å². The summed E-state index contributed by atoms with van der Waals surface area (Å²) < 4.78 is 5.21. The maximum absolute atomic E-state index is 12.3. The van der Waals surface area contributed by atoms with Gasteiger partial charge in [0.15, 0.2) is 6.61 Å². The molecule has 0 bridgehead atoms. The standard InChI is InChI=1S/C15H21N3O3/c1-10-4-3-7-17-14(10)15(20)18-11-5-2-6-12(8-11)21-9-13(16)19/h2,5-6,8,10,14,17H,3-4,7,9H2,1H3,(H2,16,19)(H,18,20). The maximum Gasteiger partial charge on any atom is 0.255 e. The summed E-state index contributed by atoms with van der Waals surface area (Å²) in [6.45, 7) is 2.76. The van der Waals surface area contributed by atoms with Crippen LogP contribution in [-0.2, 0) is 9.59 Å². The van der Waals surface area contributed by atoms with E-state index in [1.807, 2.05) is 0 Å². The predicted molar refractivity (Wildman–Crippen MR) is 79.9 cm³/mol. The molecule has 21 heavy (non-hydrogen) atoms. The van der Waals surface area contributed by atoms with Crippen molar-refractivity contribution in [2.75, 3.05) is 18.5 Å². The van der Waals surface area contributed by atoms with Crippen LogP contribution in [0.1, 0.15) is 19.8 Å². The minimum Gasteiger partial charge on any atom is -0.484 e. The lowest BCUT2D eigenvalue weighted by atomic mass is 9.92. The van der Waals surface area contributed by atoms with Crippen LogP contribution in [-0.4, -0.2) is 31.0 Å². The van der Waals surface area contributed by atoms with Crippen molar-refractivity contribution in [3.63, 3.8) is 0 Å². The fraction of sp³-hybridized carbons (Fsp3) is 0.467. The Labute approximate surface area is 124 Å². The van der Waals surface area contributed by atoms with Gasteiger partial charge in [0, 0.05) is 11.8 Å². The highest BCUT2D eigenvalue weighted by Gasteiger charge is 2.27. The average molecular weight is 291 g/mol. The van der Waals surface area contributed by atoms with Crippen LogP contribution < -0.4 is 21.1 Å². The predicted octanol–water partition coefficient (Wildman–Crippen LogP) is 0.877.